The van der Waals surface area contributed by atoms with Crippen LogP contribution < -0.4 is 11.1 Å². The Morgan fingerprint density at radius 2 is 2.00 bits per heavy atom. The molecule has 120 valence electrons. The van der Waals surface area contributed by atoms with Crippen LogP contribution in [0.1, 0.15) is 52.4 Å². The van der Waals surface area contributed by atoms with Gasteiger partial charge in [0.1, 0.15) is 9.90 Å². The first kappa shape index (κ1) is 16.5. The molecule has 3 N–H and O–H groups in total. The van der Waals surface area contributed by atoms with Crippen LogP contribution in [0.2, 0.25) is 0 Å². The van der Waals surface area contributed by atoms with E-state index < -0.39 is 9.84 Å². The fraction of sp³-hybridized carbons (Fsp3) is 0.786. The molecule has 1 aromatic rings. The Labute approximate surface area is 131 Å². The fourth-order valence-corrected chi connectivity index (χ4v) is 5.57. The number of nitrogen functional groups attached to an aromatic ring is 1. The van der Waals surface area contributed by atoms with Gasteiger partial charge in [-0.25, -0.2) is 8.42 Å². The lowest BCUT2D eigenvalue weighted by molar-refractivity contribution is 0.233. The predicted molar refractivity (Wildman–Crippen MR) is 88.6 cm³/mol. The van der Waals surface area contributed by atoms with Crippen LogP contribution in [-0.2, 0) is 9.84 Å². The predicted octanol–water partition coefficient (Wildman–Crippen LogP) is 3.29. The zero-order valence-corrected chi connectivity index (χ0v) is 14.4. The molecule has 5 nitrogen and oxygen atoms in total. The lowest BCUT2D eigenvalue weighted by Gasteiger charge is -2.33. The minimum Gasteiger partial charge on any atom is -0.382 e. The molecule has 0 spiro atoms. The summed E-state index contributed by atoms with van der Waals surface area (Å²) >= 11 is 1.15. The van der Waals surface area contributed by atoms with Gasteiger partial charge in [-0.1, -0.05) is 33.1 Å². The van der Waals surface area contributed by atoms with Crippen molar-refractivity contribution in [3.63, 3.8) is 0 Å². The van der Waals surface area contributed by atoms with E-state index in [2.05, 4.69) is 16.6 Å². The van der Waals surface area contributed by atoms with Crippen molar-refractivity contribution in [2.45, 2.75) is 57.3 Å². The van der Waals surface area contributed by atoms with Crippen LogP contribution >= 0.6 is 11.5 Å². The van der Waals surface area contributed by atoms with E-state index in [4.69, 9.17) is 5.73 Å². The van der Waals surface area contributed by atoms with Crippen molar-refractivity contribution in [3.8, 4) is 0 Å². The molecule has 0 atom stereocenters. The molecular formula is C14H25N3O2S2. The second-order valence-corrected chi connectivity index (χ2v) is 9.09. The monoisotopic (exact) mass is 331 g/mol. The van der Waals surface area contributed by atoms with E-state index in [0.29, 0.717) is 11.4 Å². The molecule has 0 saturated heterocycles. The molecule has 1 heterocycles. The van der Waals surface area contributed by atoms with Crippen LogP contribution in [0.3, 0.4) is 0 Å². The number of sulfone groups is 1. The van der Waals surface area contributed by atoms with Crippen LogP contribution in [-0.4, -0.2) is 25.1 Å². The average Bonchev–Trinajstić information content (AvgIpc) is 2.79. The third-order valence-electron chi connectivity index (χ3n) is 4.19. The van der Waals surface area contributed by atoms with Gasteiger partial charge in [0.15, 0.2) is 15.7 Å². The normalized spacial score (nSPS) is 18.6. The summed E-state index contributed by atoms with van der Waals surface area (Å²) in [6.45, 7) is 4.90. The van der Waals surface area contributed by atoms with Crippen molar-refractivity contribution in [1.29, 1.82) is 0 Å². The smallest absolute Gasteiger partial charge is 0.185 e. The van der Waals surface area contributed by atoms with Gasteiger partial charge >= 0.3 is 0 Å². The third-order valence-corrected chi connectivity index (χ3v) is 7.12. The summed E-state index contributed by atoms with van der Waals surface area (Å²) in [5, 5.41) is 3.91. The molecule has 0 radical (unpaired) electrons. The summed E-state index contributed by atoms with van der Waals surface area (Å²) < 4.78 is 28.7. The maximum atomic E-state index is 12.3. The topological polar surface area (TPSA) is 85.1 Å². The molecule has 1 saturated carbocycles. The summed E-state index contributed by atoms with van der Waals surface area (Å²) in [4.78, 5) is 0.203. The summed E-state index contributed by atoms with van der Waals surface area (Å²) in [5.74, 6) is 0.242. The quantitative estimate of drug-likeness (QED) is 0.835. The molecule has 1 aliphatic carbocycles. The Bertz CT molecular complexity index is 575. The minimum absolute atomic E-state index is 0.113. The zero-order valence-electron chi connectivity index (χ0n) is 12.8. The van der Waals surface area contributed by atoms with Crippen molar-refractivity contribution < 1.29 is 8.42 Å². The van der Waals surface area contributed by atoms with E-state index in [0.717, 1.165) is 18.1 Å². The second-order valence-electron chi connectivity index (χ2n) is 6.27. The van der Waals surface area contributed by atoms with E-state index in [9.17, 15) is 8.42 Å². The van der Waals surface area contributed by atoms with Gasteiger partial charge in [-0.2, -0.15) is 4.37 Å². The highest BCUT2D eigenvalue weighted by Gasteiger charge is 2.29. The Morgan fingerprint density at radius 1 is 1.33 bits per heavy atom. The van der Waals surface area contributed by atoms with Gasteiger partial charge in [0, 0.05) is 6.54 Å². The number of nitrogens with one attached hydrogen (secondary N) is 1. The largest absolute Gasteiger partial charge is 0.382 e. The molecule has 7 heteroatoms. The molecule has 1 fully saturated rings. The number of hydrogen-bond donors (Lipinski definition) is 2. The molecule has 21 heavy (non-hydrogen) atoms. The summed E-state index contributed by atoms with van der Waals surface area (Å²) in [6, 6.07) is 0. The highest BCUT2D eigenvalue weighted by Crippen LogP contribution is 2.38. The van der Waals surface area contributed by atoms with Crippen LogP contribution in [0.5, 0.6) is 0 Å². The van der Waals surface area contributed by atoms with E-state index in [1.54, 1.807) is 0 Å². The molecule has 0 aromatic carbocycles. The van der Waals surface area contributed by atoms with Crippen molar-refractivity contribution in [2.24, 2.45) is 5.41 Å². The Kier molecular flexibility index (Phi) is 5.14. The summed E-state index contributed by atoms with van der Waals surface area (Å²) in [6.07, 6.45) is 6.76. The summed E-state index contributed by atoms with van der Waals surface area (Å²) in [5.41, 5.74) is 6.02. The maximum Gasteiger partial charge on any atom is 0.185 e. The molecule has 1 aromatic heterocycles. The van der Waals surface area contributed by atoms with Crippen molar-refractivity contribution >= 4 is 32.2 Å². The second kappa shape index (κ2) is 6.52. The first-order valence-corrected chi connectivity index (χ1v) is 10.0. The molecule has 0 unspecified atom stereocenters. The first-order valence-electron chi connectivity index (χ1n) is 7.60. The highest BCUT2D eigenvalue weighted by atomic mass is 32.2. The van der Waals surface area contributed by atoms with Gasteiger partial charge in [-0.05, 0) is 36.2 Å². The van der Waals surface area contributed by atoms with Gasteiger partial charge in [0.25, 0.3) is 0 Å². The molecular weight excluding hydrogens is 306 g/mol. The number of rotatable bonds is 6. The van der Waals surface area contributed by atoms with Crippen LogP contribution in [0.4, 0.5) is 10.8 Å². The molecule has 2 rings (SSSR count). The van der Waals surface area contributed by atoms with Crippen molar-refractivity contribution in [2.75, 3.05) is 23.3 Å². The van der Waals surface area contributed by atoms with Gasteiger partial charge < -0.3 is 11.1 Å². The van der Waals surface area contributed by atoms with Gasteiger partial charge in [-0.3, -0.25) is 0 Å². The Morgan fingerprint density at radius 3 is 2.62 bits per heavy atom. The van der Waals surface area contributed by atoms with Crippen LogP contribution in [0.15, 0.2) is 4.90 Å². The van der Waals surface area contributed by atoms with Crippen LogP contribution in [0, 0.1) is 5.41 Å². The van der Waals surface area contributed by atoms with E-state index in [1.807, 2.05) is 6.92 Å². The standard InChI is InChI=1S/C14H25N3O2S2/c1-3-9-21(18,19)11-12(15)17-20-13(11)16-10-14(2)7-5-4-6-8-14/h16H,3-10H2,1-2H3,(H2,15,17). The molecule has 0 bridgehead atoms. The first-order chi connectivity index (χ1) is 9.88. The Hall–Kier alpha value is -0.820. The number of anilines is 2. The lowest BCUT2D eigenvalue weighted by atomic mass is 9.76. The van der Waals surface area contributed by atoms with Gasteiger partial charge in [0.2, 0.25) is 0 Å². The molecule has 1 aliphatic rings. The summed E-state index contributed by atoms with van der Waals surface area (Å²) in [7, 11) is -3.34. The minimum atomic E-state index is -3.34. The van der Waals surface area contributed by atoms with Crippen molar-refractivity contribution in [1.82, 2.24) is 4.37 Å². The number of nitrogens with two attached hydrogens (primary N) is 1. The highest BCUT2D eigenvalue weighted by molar-refractivity contribution is 7.91. The molecule has 0 aliphatic heterocycles. The number of aromatic nitrogens is 1. The fourth-order valence-electron chi connectivity index (χ4n) is 2.95. The van der Waals surface area contributed by atoms with E-state index in [1.165, 1.54) is 32.1 Å². The van der Waals surface area contributed by atoms with Crippen LogP contribution in [0.25, 0.3) is 0 Å². The SMILES string of the molecule is CCCS(=O)(=O)c1c(N)nsc1NCC1(C)CCCCC1. The van der Waals surface area contributed by atoms with E-state index in [-0.39, 0.29) is 21.9 Å². The maximum absolute atomic E-state index is 12.3. The van der Waals surface area contributed by atoms with E-state index >= 15 is 0 Å². The van der Waals surface area contributed by atoms with Gasteiger partial charge in [0.05, 0.1) is 5.75 Å². The lowest BCUT2D eigenvalue weighted by Crippen LogP contribution is -2.29. The number of nitrogens with zero attached hydrogens (tertiary/aromatic N) is 1. The number of hydrogen-bond acceptors (Lipinski definition) is 6. The molecule has 0 amide bonds. The third kappa shape index (κ3) is 3.88. The zero-order chi connectivity index (χ0) is 15.5. The van der Waals surface area contributed by atoms with Crippen molar-refractivity contribution in [3.05, 3.63) is 0 Å². The Balaban J connectivity index is 2.14. The average molecular weight is 332 g/mol. The van der Waals surface area contributed by atoms with Gasteiger partial charge in [-0.15, -0.1) is 0 Å².